The van der Waals surface area contributed by atoms with Gasteiger partial charge in [0.15, 0.2) is 0 Å². The molecule has 0 saturated carbocycles. The van der Waals surface area contributed by atoms with Crippen LogP contribution in [0, 0.1) is 0 Å². The summed E-state index contributed by atoms with van der Waals surface area (Å²) in [6.07, 6.45) is 0. The maximum atomic E-state index is 12.3. The van der Waals surface area contributed by atoms with E-state index in [-0.39, 0.29) is 10.9 Å². The van der Waals surface area contributed by atoms with Gasteiger partial charge in [-0.1, -0.05) is 24.6 Å². The lowest BCUT2D eigenvalue weighted by atomic mass is 10.2. The molecule has 5 nitrogen and oxygen atoms in total. The fourth-order valence-electron chi connectivity index (χ4n) is 2.02. The van der Waals surface area contributed by atoms with E-state index in [1.54, 1.807) is 12.1 Å². The number of nitrogens with zero attached hydrogens (tertiary/aromatic N) is 1. The first kappa shape index (κ1) is 18.4. The maximum absolute atomic E-state index is 12.3. The number of hydrogen-bond acceptors (Lipinski definition) is 4. The van der Waals surface area contributed by atoms with Gasteiger partial charge in [0.1, 0.15) is 0 Å². The van der Waals surface area contributed by atoms with E-state index in [1.165, 1.54) is 6.07 Å². The van der Waals surface area contributed by atoms with E-state index >= 15 is 0 Å². The Morgan fingerprint density at radius 2 is 2.00 bits per heavy atom. The molecule has 0 amide bonds. The number of benzene rings is 1. The highest BCUT2D eigenvalue weighted by Crippen LogP contribution is 2.21. The standard InChI is InChI=1S/C14H24ClN3O2S/c1-5-16-9-12-6-7-13(8-14(12)15)21(19,20)17-11(2)10-18(3)4/h6-8,11,16-17H,5,9-10H2,1-4H3. The summed E-state index contributed by atoms with van der Waals surface area (Å²) in [5, 5.41) is 3.62. The van der Waals surface area contributed by atoms with Crippen molar-refractivity contribution in [3.8, 4) is 0 Å². The van der Waals surface area contributed by atoms with Crippen LogP contribution in [0.5, 0.6) is 0 Å². The van der Waals surface area contributed by atoms with Crippen molar-refractivity contribution in [2.45, 2.75) is 31.3 Å². The molecule has 0 bridgehead atoms. The van der Waals surface area contributed by atoms with Crippen LogP contribution in [0.2, 0.25) is 5.02 Å². The highest BCUT2D eigenvalue weighted by Gasteiger charge is 2.18. The Morgan fingerprint density at radius 3 is 2.52 bits per heavy atom. The van der Waals surface area contributed by atoms with E-state index in [2.05, 4.69) is 10.0 Å². The van der Waals surface area contributed by atoms with Crippen LogP contribution in [0.25, 0.3) is 0 Å². The van der Waals surface area contributed by atoms with Gasteiger partial charge in [-0.3, -0.25) is 0 Å². The van der Waals surface area contributed by atoms with Crippen molar-refractivity contribution >= 4 is 21.6 Å². The predicted octanol–water partition coefficient (Wildman–Crippen LogP) is 1.68. The largest absolute Gasteiger partial charge is 0.313 e. The van der Waals surface area contributed by atoms with E-state index in [4.69, 9.17) is 11.6 Å². The van der Waals surface area contributed by atoms with Crippen LogP contribution >= 0.6 is 11.6 Å². The summed E-state index contributed by atoms with van der Waals surface area (Å²) in [5.74, 6) is 0. The van der Waals surface area contributed by atoms with E-state index in [9.17, 15) is 8.42 Å². The van der Waals surface area contributed by atoms with Gasteiger partial charge in [0, 0.05) is 24.2 Å². The lowest BCUT2D eigenvalue weighted by molar-refractivity contribution is 0.370. The summed E-state index contributed by atoms with van der Waals surface area (Å²) >= 11 is 6.15. The van der Waals surface area contributed by atoms with Crippen LogP contribution in [0.15, 0.2) is 23.1 Å². The van der Waals surface area contributed by atoms with Gasteiger partial charge in [-0.15, -0.1) is 0 Å². The second kappa shape index (κ2) is 8.10. The molecule has 1 atom stereocenters. The minimum Gasteiger partial charge on any atom is -0.313 e. The quantitative estimate of drug-likeness (QED) is 0.760. The zero-order valence-corrected chi connectivity index (χ0v) is 14.6. The van der Waals surface area contributed by atoms with Crippen molar-refractivity contribution in [2.75, 3.05) is 27.2 Å². The van der Waals surface area contributed by atoms with Crippen LogP contribution in [0.4, 0.5) is 0 Å². The second-order valence-electron chi connectivity index (χ2n) is 5.32. The first-order valence-electron chi connectivity index (χ1n) is 6.92. The first-order chi connectivity index (χ1) is 9.76. The van der Waals surface area contributed by atoms with Crippen LogP contribution in [0.3, 0.4) is 0 Å². The fraction of sp³-hybridized carbons (Fsp3) is 0.571. The normalized spacial score (nSPS) is 13.6. The molecule has 7 heteroatoms. The Morgan fingerprint density at radius 1 is 1.33 bits per heavy atom. The van der Waals surface area contributed by atoms with Crippen molar-refractivity contribution < 1.29 is 8.42 Å². The second-order valence-corrected chi connectivity index (χ2v) is 7.44. The number of hydrogen-bond donors (Lipinski definition) is 2. The summed E-state index contributed by atoms with van der Waals surface area (Å²) in [6.45, 7) is 5.92. The third-order valence-corrected chi connectivity index (χ3v) is 4.83. The molecule has 2 N–H and O–H groups in total. The van der Waals surface area contributed by atoms with Crippen molar-refractivity contribution in [3.63, 3.8) is 0 Å². The average Bonchev–Trinajstić information content (AvgIpc) is 2.35. The van der Waals surface area contributed by atoms with Crippen molar-refractivity contribution in [2.24, 2.45) is 0 Å². The molecule has 0 aliphatic rings. The number of halogens is 1. The lowest BCUT2D eigenvalue weighted by Gasteiger charge is -2.18. The minimum absolute atomic E-state index is 0.176. The third kappa shape index (κ3) is 5.92. The molecule has 0 aromatic heterocycles. The van der Waals surface area contributed by atoms with E-state index in [1.807, 2.05) is 32.8 Å². The number of rotatable bonds is 8. The Bertz CT molecular complexity index is 561. The smallest absolute Gasteiger partial charge is 0.240 e. The molecule has 1 aromatic carbocycles. The van der Waals surface area contributed by atoms with E-state index < -0.39 is 10.0 Å². The Hall–Kier alpha value is -0.660. The van der Waals surface area contributed by atoms with Gasteiger partial charge in [-0.05, 0) is 45.3 Å². The van der Waals surface area contributed by atoms with E-state index in [0.717, 1.165) is 12.1 Å². The molecular formula is C14H24ClN3O2S. The van der Waals surface area contributed by atoms with Gasteiger partial charge in [0.25, 0.3) is 0 Å². The predicted molar refractivity (Wildman–Crippen MR) is 87.2 cm³/mol. The molecule has 21 heavy (non-hydrogen) atoms. The topological polar surface area (TPSA) is 61.4 Å². The molecule has 0 fully saturated rings. The zero-order chi connectivity index (χ0) is 16.0. The number of likely N-dealkylation sites (N-methyl/N-ethyl adjacent to an activating group) is 1. The Labute approximate surface area is 132 Å². The van der Waals surface area contributed by atoms with Crippen molar-refractivity contribution in [3.05, 3.63) is 28.8 Å². The molecule has 1 aromatic rings. The van der Waals surface area contributed by atoms with Gasteiger partial charge in [0.05, 0.1) is 4.90 Å². The molecule has 1 unspecified atom stereocenters. The van der Waals surface area contributed by atoms with Crippen LogP contribution < -0.4 is 10.0 Å². The monoisotopic (exact) mass is 333 g/mol. The van der Waals surface area contributed by atoms with E-state index in [0.29, 0.717) is 18.1 Å². The fourth-order valence-corrected chi connectivity index (χ4v) is 3.59. The highest BCUT2D eigenvalue weighted by molar-refractivity contribution is 7.89. The van der Waals surface area contributed by atoms with Crippen molar-refractivity contribution in [1.29, 1.82) is 0 Å². The van der Waals surface area contributed by atoms with Crippen LogP contribution in [0.1, 0.15) is 19.4 Å². The molecule has 0 aliphatic heterocycles. The van der Waals surface area contributed by atoms with Crippen LogP contribution in [-0.2, 0) is 16.6 Å². The Balaban J connectivity index is 2.86. The van der Waals surface area contributed by atoms with Gasteiger partial charge in [-0.2, -0.15) is 0 Å². The highest BCUT2D eigenvalue weighted by atomic mass is 35.5. The SMILES string of the molecule is CCNCc1ccc(S(=O)(=O)NC(C)CN(C)C)cc1Cl. The van der Waals surface area contributed by atoms with Crippen LogP contribution in [-0.4, -0.2) is 46.5 Å². The van der Waals surface area contributed by atoms with Gasteiger partial charge < -0.3 is 10.2 Å². The average molecular weight is 334 g/mol. The first-order valence-corrected chi connectivity index (χ1v) is 8.78. The van der Waals surface area contributed by atoms with Crippen molar-refractivity contribution in [1.82, 2.24) is 14.9 Å². The number of sulfonamides is 1. The molecule has 1 rings (SSSR count). The zero-order valence-electron chi connectivity index (χ0n) is 13.0. The Kier molecular flexibility index (Phi) is 7.09. The molecule has 0 saturated heterocycles. The molecule has 0 aliphatic carbocycles. The summed E-state index contributed by atoms with van der Waals surface area (Å²) in [6, 6.07) is 4.66. The van der Waals surface area contributed by atoms with Gasteiger partial charge >= 0.3 is 0 Å². The number of nitrogens with one attached hydrogen (secondary N) is 2. The summed E-state index contributed by atoms with van der Waals surface area (Å²) in [4.78, 5) is 2.12. The molecule has 120 valence electrons. The van der Waals surface area contributed by atoms with Gasteiger partial charge in [-0.25, -0.2) is 13.1 Å². The lowest BCUT2D eigenvalue weighted by Crippen LogP contribution is -2.39. The summed E-state index contributed by atoms with van der Waals surface area (Å²) < 4.78 is 27.2. The molecule has 0 spiro atoms. The van der Waals surface area contributed by atoms with Gasteiger partial charge in [0.2, 0.25) is 10.0 Å². The third-order valence-electron chi connectivity index (χ3n) is 2.90. The summed E-state index contributed by atoms with van der Waals surface area (Å²) in [7, 11) is 0.254. The molecular weight excluding hydrogens is 310 g/mol. The molecule has 0 radical (unpaired) electrons. The summed E-state index contributed by atoms with van der Waals surface area (Å²) in [5.41, 5.74) is 0.888. The minimum atomic E-state index is -3.55. The molecule has 0 heterocycles. The maximum Gasteiger partial charge on any atom is 0.240 e.